The van der Waals surface area contributed by atoms with Gasteiger partial charge in [0.25, 0.3) is 5.91 Å². The Bertz CT molecular complexity index is 725. The summed E-state index contributed by atoms with van der Waals surface area (Å²) in [6, 6.07) is 9.40. The highest BCUT2D eigenvalue weighted by Gasteiger charge is 2.20. The van der Waals surface area contributed by atoms with Crippen molar-refractivity contribution < 1.29 is 9.59 Å². The molecule has 0 bridgehead atoms. The molecule has 5 heteroatoms. The first-order valence-electron chi connectivity index (χ1n) is 7.87. The third kappa shape index (κ3) is 4.06. The molecule has 0 spiro atoms. The Labute approximate surface area is 136 Å². The number of para-hydroxylation sites is 1. The Balaban J connectivity index is 2.32. The van der Waals surface area contributed by atoms with E-state index in [-0.39, 0.29) is 24.4 Å². The second kappa shape index (κ2) is 7.22. The molecule has 0 saturated carbocycles. The molecule has 0 fully saturated rings. The predicted molar refractivity (Wildman–Crippen MR) is 91.3 cm³/mol. The van der Waals surface area contributed by atoms with Gasteiger partial charge in [-0.05, 0) is 39.8 Å². The average molecular weight is 313 g/mol. The van der Waals surface area contributed by atoms with E-state index in [0.29, 0.717) is 12.1 Å². The molecule has 1 aromatic heterocycles. The summed E-state index contributed by atoms with van der Waals surface area (Å²) in [5, 5.41) is 3.63. The van der Waals surface area contributed by atoms with Gasteiger partial charge >= 0.3 is 0 Å². The lowest BCUT2D eigenvalue weighted by Crippen LogP contribution is -2.42. The number of pyridine rings is 1. The Morgan fingerprint density at radius 3 is 2.61 bits per heavy atom. The van der Waals surface area contributed by atoms with Gasteiger partial charge < -0.3 is 10.2 Å². The van der Waals surface area contributed by atoms with Gasteiger partial charge in [0, 0.05) is 23.7 Å². The number of nitrogens with zero attached hydrogens (tertiary/aromatic N) is 2. The van der Waals surface area contributed by atoms with E-state index in [1.54, 1.807) is 11.0 Å². The molecule has 1 N–H and O–H groups in total. The van der Waals surface area contributed by atoms with Crippen LogP contribution in [0.5, 0.6) is 0 Å². The SMILES string of the molecule is CCN(CC(=O)NC(C)C)C(=O)c1cc(C)nc2ccccc12. The summed E-state index contributed by atoms with van der Waals surface area (Å²) in [5.74, 6) is -0.293. The smallest absolute Gasteiger partial charge is 0.255 e. The van der Waals surface area contributed by atoms with E-state index in [1.165, 1.54) is 0 Å². The van der Waals surface area contributed by atoms with E-state index < -0.39 is 0 Å². The number of benzene rings is 1. The summed E-state index contributed by atoms with van der Waals surface area (Å²) in [7, 11) is 0. The number of fused-ring (bicyclic) bond motifs is 1. The maximum absolute atomic E-state index is 12.9. The van der Waals surface area contributed by atoms with Crippen molar-refractivity contribution in [2.24, 2.45) is 0 Å². The van der Waals surface area contributed by atoms with Crippen molar-refractivity contribution in [1.82, 2.24) is 15.2 Å². The van der Waals surface area contributed by atoms with Gasteiger partial charge in [0.15, 0.2) is 0 Å². The summed E-state index contributed by atoms with van der Waals surface area (Å²) in [5.41, 5.74) is 2.17. The molecule has 0 radical (unpaired) electrons. The minimum Gasteiger partial charge on any atom is -0.352 e. The molecule has 0 unspecified atom stereocenters. The quantitative estimate of drug-likeness (QED) is 0.922. The van der Waals surface area contributed by atoms with Crippen LogP contribution in [-0.4, -0.2) is 40.8 Å². The highest BCUT2D eigenvalue weighted by Crippen LogP contribution is 2.19. The van der Waals surface area contributed by atoms with Crippen LogP contribution in [0.1, 0.15) is 36.8 Å². The predicted octanol–water partition coefficient (Wildman–Crippen LogP) is 2.53. The number of aromatic nitrogens is 1. The van der Waals surface area contributed by atoms with Crippen molar-refractivity contribution in [1.29, 1.82) is 0 Å². The largest absolute Gasteiger partial charge is 0.352 e. The summed E-state index contributed by atoms with van der Waals surface area (Å²) >= 11 is 0. The van der Waals surface area contributed by atoms with Gasteiger partial charge in [0.1, 0.15) is 0 Å². The fraction of sp³-hybridized carbons (Fsp3) is 0.389. The van der Waals surface area contributed by atoms with Gasteiger partial charge in [-0.15, -0.1) is 0 Å². The molecule has 0 atom stereocenters. The molecule has 1 aromatic carbocycles. The number of hydrogen-bond donors (Lipinski definition) is 1. The van der Waals surface area contributed by atoms with Crippen molar-refractivity contribution in [2.45, 2.75) is 33.7 Å². The van der Waals surface area contributed by atoms with Crippen LogP contribution in [0.3, 0.4) is 0 Å². The molecule has 5 nitrogen and oxygen atoms in total. The molecule has 2 rings (SSSR count). The second-order valence-electron chi connectivity index (χ2n) is 5.87. The Morgan fingerprint density at radius 2 is 1.96 bits per heavy atom. The van der Waals surface area contributed by atoms with E-state index in [1.807, 2.05) is 52.0 Å². The van der Waals surface area contributed by atoms with E-state index in [2.05, 4.69) is 10.3 Å². The first-order chi connectivity index (χ1) is 10.9. The summed E-state index contributed by atoms with van der Waals surface area (Å²) in [6.45, 7) is 8.07. The van der Waals surface area contributed by atoms with E-state index in [9.17, 15) is 9.59 Å². The van der Waals surface area contributed by atoms with Crippen LogP contribution in [0.15, 0.2) is 30.3 Å². The maximum atomic E-state index is 12.9. The van der Waals surface area contributed by atoms with Crippen molar-refractivity contribution >= 4 is 22.7 Å². The van der Waals surface area contributed by atoms with Gasteiger partial charge in [-0.3, -0.25) is 14.6 Å². The van der Waals surface area contributed by atoms with Gasteiger partial charge in [0.2, 0.25) is 5.91 Å². The zero-order valence-electron chi connectivity index (χ0n) is 14.1. The van der Waals surface area contributed by atoms with Crippen LogP contribution in [-0.2, 0) is 4.79 Å². The lowest BCUT2D eigenvalue weighted by molar-refractivity contribution is -0.122. The summed E-state index contributed by atoms with van der Waals surface area (Å²) in [6.07, 6.45) is 0. The van der Waals surface area contributed by atoms with Crippen LogP contribution in [0.25, 0.3) is 10.9 Å². The zero-order chi connectivity index (χ0) is 17.0. The van der Waals surface area contributed by atoms with Crippen molar-refractivity contribution in [3.05, 3.63) is 41.6 Å². The average Bonchev–Trinajstić information content (AvgIpc) is 2.50. The molecule has 23 heavy (non-hydrogen) atoms. The monoisotopic (exact) mass is 313 g/mol. The number of likely N-dealkylation sites (N-methyl/N-ethyl adjacent to an activating group) is 1. The first kappa shape index (κ1) is 16.9. The molecular formula is C18H23N3O2. The molecule has 0 saturated heterocycles. The van der Waals surface area contributed by atoms with Crippen molar-refractivity contribution in [2.75, 3.05) is 13.1 Å². The number of aryl methyl sites for hydroxylation is 1. The van der Waals surface area contributed by atoms with Crippen molar-refractivity contribution in [3.8, 4) is 0 Å². The van der Waals surface area contributed by atoms with Crippen LogP contribution in [0.4, 0.5) is 0 Å². The lowest BCUT2D eigenvalue weighted by atomic mass is 10.1. The van der Waals surface area contributed by atoms with E-state index in [4.69, 9.17) is 0 Å². The number of nitrogens with one attached hydrogen (secondary N) is 1. The standard InChI is InChI=1S/C18H23N3O2/c1-5-21(11-17(22)19-12(2)3)18(23)15-10-13(4)20-16-9-7-6-8-14(15)16/h6-10,12H,5,11H2,1-4H3,(H,19,22). The number of carbonyl (C=O) groups excluding carboxylic acids is 2. The van der Waals surface area contributed by atoms with Gasteiger partial charge in [0.05, 0.1) is 17.6 Å². The highest BCUT2D eigenvalue weighted by molar-refractivity contribution is 6.07. The minimum atomic E-state index is -0.148. The molecular weight excluding hydrogens is 290 g/mol. The van der Waals surface area contributed by atoms with Gasteiger partial charge in [-0.2, -0.15) is 0 Å². The lowest BCUT2D eigenvalue weighted by Gasteiger charge is -2.22. The van der Waals surface area contributed by atoms with E-state index in [0.717, 1.165) is 16.6 Å². The zero-order valence-corrected chi connectivity index (χ0v) is 14.1. The molecule has 2 aromatic rings. The minimum absolute atomic E-state index is 0.0558. The third-order valence-corrected chi connectivity index (χ3v) is 3.53. The molecule has 0 aliphatic carbocycles. The molecule has 122 valence electrons. The highest BCUT2D eigenvalue weighted by atomic mass is 16.2. The van der Waals surface area contributed by atoms with Crippen LogP contribution in [0, 0.1) is 6.92 Å². The third-order valence-electron chi connectivity index (χ3n) is 3.53. The van der Waals surface area contributed by atoms with Crippen molar-refractivity contribution in [3.63, 3.8) is 0 Å². The Kier molecular flexibility index (Phi) is 5.32. The van der Waals surface area contributed by atoms with Gasteiger partial charge in [-0.1, -0.05) is 18.2 Å². The Morgan fingerprint density at radius 1 is 1.26 bits per heavy atom. The summed E-state index contributed by atoms with van der Waals surface area (Å²) < 4.78 is 0. The van der Waals surface area contributed by atoms with E-state index >= 15 is 0 Å². The number of amides is 2. The molecule has 1 heterocycles. The summed E-state index contributed by atoms with van der Waals surface area (Å²) in [4.78, 5) is 30.9. The fourth-order valence-electron chi connectivity index (χ4n) is 2.52. The topological polar surface area (TPSA) is 62.3 Å². The normalized spacial score (nSPS) is 10.8. The molecule has 0 aliphatic heterocycles. The second-order valence-corrected chi connectivity index (χ2v) is 5.87. The fourth-order valence-corrected chi connectivity index (χ4v) is 2.52. The first-order valence-corrected chi connectivity index (χ1v) is 7.87. The number of hydrogen-bond acceptors (Lipinski definition) is 3. The number of rotatable bonds is 5. The van der Waals surface area contributed by atoms with Crippen LogP contribution < -0.4 is 5.32 Å². The molecule has 2 amide bonds. The van der Waals surface area contributed by atoms with Crippen LogP contribution >= 0.6 is 0 Å². The van der Waals surface area contributed by atoms with Gasteiger partial charge in [-0.25, -0.2) is 0 Å². The maximum Gasteiger partial charge on any atom is 0.255 e. The number of carbonyl (C=O) groups is 2. The van der Waals surface area contributed by atoms with Crippen LogP contribution in [0.2, 0.25) is 0 Å². The molecule has 0 aliphatic rings. The Hall–Kier alpha value is -2.43.